The molecule has 1 unspecified atom stereocenters. The van der Waals surface area contributed by atoms with Crippen molar-refractivity contribution >= 4 is 23.4 Å². The van der Waals surface area contributed by atoms with Crippen LogP contribution in [0.5, 0.6) is 0 Å². The van der Waals surface area contributed by atoms with Crippen LogP contribution in [0.15, 0.2) is 47.4 Å². The molecule has 0 bridgehead atoms. The predicted molar refractivity (Wildman–Crippen MR) is 127 cm³/mol. The SMILES string of the molecule is Cc1ccc(CN2CCSc3ccc(C(=O)NCCN4CCCCC4C)cc32)cc1. The van der Waals surface area contributed by atoms with Crippen molar-refractivity contribution in [2.45, 2.75) is 50.6 Å². The molecule has 2 aliphatic heterocycles. The molecule has 1 N–H and O–H groups in total. The van der Waals surface area contributed by atoms with Crippen LogP contribution >= 0.6 is 11.8 Å². The summed E-state index contributed by atoms with van der Waals surface area (Å²) in [5.74, 6) is 1.12. The number of anilines is 1. The van der Waals surface area contributed by atoms with Gasteiger partial charge in [-0.2, -0.15) is 0 Å². The minimum Gasteiger partial charge on any atom is -0.365 e. The Balaban J connectivity index is 1.40. The van der Waals surface area contributed by atoms with Crippen LogP contribution < -0.4 is 10.2 Å². The fourth-order valence-electron chi connectivity index (χ4n) is 4.40. The molecule has 2 heterocycles. The Labute approximate surface area is 185 Å². The molecule has 30 heavy (non-hydrogen) atoms. The monoisotopic (exact) mass is 423 g/mol. The largest absolute Gasteiger partial charge is 0.365 e. The molecule has 0 spiro atoms. The van der Waals surface area contributed by atoms with E-state index in [0.29, 0.717) is 12.6 Å². The molecule has 0 aromatic heterocycles. The Morgan fingerprint density at radius 2 is 1.97 bits per heavy atom. The van der Waals surface area contributed by atoms with E-state index >= 15 is 0 Å². The van der Waals surface area contributed by atoms with Gasteiger partial charge in [-0.05, 0) is 57.0 Å². The molecule has 1 saturated heterocycles. The molecule has 0 aliphatic carbocycles. The predicted octanol–water partition coefficient (Wildman–Crippen LogP) is 4.71. The molecular formula is C25H33N3OS. The fourth-order valence-corrected chi connectivity index (χ4v) is 5.43. The first-order chi connectivity index (χ1) is 14.6. The number of fused-ring (bicyclic) bond motifs is 1. The Morgan fingerprint density at radius 1 is 1.13 bits per heavy atom. The molecule has 1 amide bonds. The fraction of sp³-hybridized carbons (Fsp3) is 0.480. The third-order valence-corrected chi connectivity index (χ3v) is 7.34. The number of piperidine rings is 1. The summed E-state index contributed by atoms with van der Waals surface area (Å²) >= 11 is 1.88. The van der Waals surface area contributed by atoms with Gasteiger partial charge in [0.1, 0.15) is 0 Å². The normalized spacial score (nSPS) is 19.4. The van der Waals surface area contributed by atoms with E-state index in [-0.39, 0.29) is 5.91 Å². The maximum atomic E-state index is 12.8. The highest BCUT2D eigenvalue weighted by Crippen LogP contribution is 2.36. The molecule has 2 aromatic rings. The van der Waals surface area contributed by atoms with E-state index in [1.807, 2.05) is 17.8 Å². The molecule has 2 aromatic carbocycles. The maximum Gasteiger partial charge on any atom is 0.251 e. The van der Waals surface area contributed by atoms with E-state index in [9.17, 15) is 4.79 Å². The van der Waals surface area contributed by atoms with Gasteiger partial charge in [-0.1, -0.05) is 36.2 Å². The summed E-state index contributed by atoms with van der Waals surface area (Å²) in [5.41, 5.74) is 4.54. The second kappa shape index (κ2) is 9.88. The first-order valence-corrected chi connectivity index (χ1v) is 12.2. The van der Waals surface area contributed by atoms with Crippen LogP contribution in [0, 0.1) is 6.92 Å². The summed E-state index contributed by atoms with van der Waals surface area (Å²) in [6.45, 7) is 9.10. The highest BCUT2D eigenvalue weighted by atomic mass is 32.2. The van der Waals surface area contributed by atoms with E-state index < -0.39 is 0 Å². The highest BCUT2D eigenvalue weighted by molar-refractivity contribution is 7.99. The maximum absolute atomic E-state index is 12.8. The van der Waals surface area contributed by atoms with E-state index in [1.54, 1.807) is 0 Å². The van der Waals surface area contributed by atoms with Crippen molar-refractivity contribution < 1.29 is 4.79 Å². The van der Waals surface area contributed by atoms with Gasteiger partial charge in [0.05, 0.1) is 5.69 Å². The lowest BCUT2D eigenvalue weighted by Crippen LogP contribution is -2.42. The Hall–Kier alpha value is -1.98. The first-order valence-electron chi connectivity index (χ1n) is 11.2. The van der Waals surface area contributed by atoms with Crippen LogP contribution in [-0.4, -0.2) is 48.8 Å². The summed E-state index contributed by atoms with van der Waals surface area (Å²) in [5, 5.41) is 3.14. The number of nitrogens with zero attached hydrogens (tertiary/aromatic N) is 2. The molecule has 1 fully saturated rings. The minimum absolute atomic E-state index is 0.0355. The van der Waals surface area contributed by atoms with Gasteiger partial charge < -0.3 is 10.2 Å². The quantitative estimate of drug-likeness (QED) is 0.730. The summed E-state index contributed by atoms with van der Waals surface area (Å²) in [6.07, 6.45) is 3.88. The second-order valence-electron chi connectivity index (χ2n) is 8.57. The molecule has 2 aliphatic rings. The van der Waals surface area contributed by atoms with Crippen molar-refractivity contribution in [3.8, 4) is 0 Å². The third-order valence-electron chi connectivity index (χ3n) is 6.30. The second-order valence-corrected chi connectivity index (χ2v) is 9.71. The smallest absolute Gasteiger partial charge is 0.251 e. The Morgan fingerprint density at radius 3 is 2.77 bits per heavy atom. The van der Waals surface area contributed by atoms with Gasteiger partial charge in [0.15, 0.2) is 0 Å². The molecular weight excluding hydrogens is 390 g/mol. The molecule has 0 saturated carbocycles. The van der Waals surface area contributed by atoms with Gasteiger partial charge >= 0.3 is 0 Å². The van der Waals surface area contributed by atoms with Crippen molar-refractivity contribution in [1.29, 1.82) is 0 Å². The first kappa shape index (κ1) is 21.3. The van der Waals surface area contributed by atoms with Crippen LogP contribution in [0.2, 0.25) is 0 Å². The van der Waals surface area contributed by atoms with Gasteiger partial charge in [0.2, 0.25) is 0 Å². The summed E-state index contributed by atoms with van der Waals surface area (Å²) in [6, 6.07) is 15.5. The molecule has 160 valence electrons. The van der Waals surface area contributed by atoms with Crippen LogP contribution in [0.4, 0.5) is 5.69 Å². The molecule has 4 rings (SSSR count). The van der Waals surface area contributed by atoms with Gasteiger partial charge in [-0.3, -0.25) is 9.69 Å². The van der Waals surface area contributed by atoms with Crippen LogP contribution in [0.3, 0.4) is 0 Å². The molecule has 5 heteroatoms. The standard InChI is InChI=1S/C25H33N3OS/c1-19-6-8-21(9-7-19)18-28-15-16-30-24-11-10-22(17-23(24)28)25(29)26-12-14-27-13-4-3-5-20(27)2/h6-11,17,20H,3-5,12-16,18H2,1-2H3,(H,26,29). The van der Waals surface area contributed by atoms with Gasteiger partial charge in [-0.15, -0.1) is 11.8 Å². The number of amides is 1. The third kappa shape index (κ3) is 5.19. The highest BCUT2D eigenvalue weighted by Gasteiger charge is 2.21. The number of benzene rings is 2. The lowest BCUT2D eigenvalue weighted by atomic mass is 10.0. The summed E-state index contributed by atoms with van der Waals surface area (Å²) in [4.78, 5) is 19.0. The Kier molecular flexibility index (Phi) is 7.00. The number of likely N-dealkylation sites (tertiary alicyclic amines) is 1. The van der Waals surface area contributed by atoms with Gasteiger partial charge in [-0.25, -0.2) is 0 Å². The number of nitrogens with one attached hydrogen (secondary N) is 1. The van der Waals surface area contributed by atoms with Gasteiger partial charge in [0, 0.05) is 48.4 Å². The lowest BCUT2D eigenvalue weighted by Gasteiger charge is -2.33. The number of rotatable bonds is 6. The van der Waals surface area contributed by atoms with Crippen LogP contribution in [0.1, 0.15) is 47.7 Å². The zero-order chi connectivity index (χ0) is 20.9. The van der Waals surface area contributed by atoms with Crippen LogP contribution in [0.25, 0.3) is 0 Å². The van der Waals surface area contributed by atoms with Gasteiger partial charge in [0.25, 0.3) is 5.91 Å². The molecule has 1 atom stereocenters. The van der Waals surface area contributed by atoms with Crippen LogP contribution in [-0.2, 0) is 6.54 Å². The van der Waals surface area contributed by atoms with E-state index in [2.05, 4.69) is 65.4 Å². The van der Waals surface area contributed by atoms with E-state index in [4.69, 9.17) is 0 Å². The van der Waals surface area contributed by atoms with Crippen molar-refractivity contribution in [2.75, 3.05) is 36.8 Å². The van der Waals surface area contributed by atoms with Crippen molar-refractivity contribution in [3.05, 3.63) is 59.2 Å². The average Bonchev–Trinajstić information content (AvgIpc) is 2.76. The zero-order valence-corrected chi connectivity index (χ0v) is 19.0. The van der Waals surface area contributed by atoms with Crippen molar-refractivity contribution in [2.24, 2.45) is 0 Å². The number of carbonyl (C=O) groups is 1. The average molecular weight is 424 g/mol. The number of carbonyl (C=O) groups excluding carboxylic acids is 1. The zero-order valence-electron chi connectivity index (χ0n) is 18.2. The topological polar surface area (TPSA) is 35.6 Å². The number of hydrogen-bond acceptors (Lipinski definition) is 4. The summed E-state index contributed by atoms with van der Waals surface area (Å²) < 4.78 is 0. The lowest BCUT2D eigenvalue weighted by molar-refractivity contribution is 0.0938. The van der Waals surface area contributed by atoms with E-state index in [1.165, 1.54) is 41.0 Å². The number of thioether (sulfide) groups is 1. The Bertz CT molecular complexity index is 867. The van der Waals surface area contributed by atoms with Crippen molar-refractivity contribution in [1.82, 2.24) is 10.2 Å². The summed E-state index contributed by atoms with van der Waals surface area (Å²) in [7, 11) is 0. The van der Waals surface area contributed by atoms with Crippen molar-refractivity contribution in [3.63, 3.8) is 0 Å². The molecule has 0 radical (unpaired) electrons. The minimum atomic E-state index is 0.0355. The van der Waals surface area contributed by atoms with E-state index in [0.717, 1.165) is 37.5 Å². The number of hydrogen-bond donors (Lipinski definition) is 1. The number of aryl methyl sites for hydroxylation is 1. The molecule has 4 nitrogen and oxygen atoms in total.